The van der Waals surface area contributed by atoms with Gasteiger partial charge in [-0.2, -0.15) is 0 Å². The van der Waals surface area contributed by atoms with E-state index in [-0.39, 0.29) is 11.2 Å². The van der Waals surface area contributed by atoms with Crippen LogP contribution in [-0.4, -0.2) is 33.0 Å². The summed E-state index contributed by atoms with van der Waals surface area (Å²) < 4.78 is 22.8. The summed E-state index contributed by atoms with van der Waals surface area (Å²) >= 11 is 0. The first-order valence-corrected chi connectivity index (χ1v) is 8.62. The Labute approximate surface area is 107 Å². The summed E-state index contributed by atoms with van der Waals surface area (Å²) in [7, 11) is -2.80. The predicted octanol–water partition coefficient (Wildman–Crippen LogP) is 2.62. The Morgan fingerprint density at radius 2 is 1.82 bits per heavy atom. The van der Waals surface area contributed by atoms with Crippen molar-refractivity contribution in [1.29, 1.82) is 0 Å². The molecule has 17 heavy (non-hydrogen) atoms. The van der Waals surface area contributed by atoms with E-state index in [1.54, 1.807) is 6.92 Å². The van der Waals surface area contributed by atoms with Crippen LogP contribution in [0.15, 0.2) is 0 Å². The van der Waals surface area contributed by atoms with E-state index in [2.05, 4.69) is 26.1 Å². The lowest BCUT2D eigenvalue weighted by Gasteiger charge is -2.28. The average Bonchev–Trinajstić information content (AvgIpc) is 2.29. The lowest BCUT2D eigenvalue weighted by molar-refractivity contribution is 0.267. The van der Waals surface area contributed by atoms with E-state index >= 15 is 0 Å². The first-order valence-electron chi connectivity index (χ1n) is 6.80. The zero-order valence-corrected chi connectivity index (χ0v) is 12.7. The molecule has 1 N–H and O–H groups in total. The summed E-state index contributed by atoms with van der Waals surface area (Å²) in [5.74, 6) is 0.608. The molecule has 0 aromatic heterocycles. The molecule has 0 aliphatic heterocycles. The summed E-state index contributed by atoms with van der Waals surface area (Å²) in [5, 5.41) is 3.44. The number of nitrogens with one attached hydrogen (secondary N) is 1. The van der Waals surface area contributed by atoms with Crippen molar-refractivity contribution in [2.75, 3.05) is 24.6 Å². The zero-order chi connectivity index (χ0) is 13.4. The van der Waals surface area contributed by atoms with Crippen molar-refractivity contribution in [2.45, 2.75) is 53.4 Å². The maximum atomic E-state index is 11.4. The van der Waals surface area contributed by atoms with Gasteiger partial charge in [0.1, 0.15) is 9.84 Å². The number of hydrogen-bond donors (Lipinski definition) is 1. The molecule has 1 atom stereocenters. The maximum Gasteiger partial charge on any atom is 0.150 e. The molecule has 0 saturated carbocycles. The molecule has 0 spiro atoms. The van der Waals surface area contributed by atoms with Crippen molar-refractivity contribution in [3.05, 3.63) is 0 Å². The highest BCUT2D eigenvalue weighted by atomic mass is 32.2. The van der Waals surface area contributed by atoms with Crippen LogP contribution in [0.5, 0.6) is 0 Å². The highest BCUT2D eigenvalue weighted by Crippen LogP contribution is 2.26. The minimum atomic E-state index is -2.80. The standard InChI is InChI=1S/C13H29NO2S/c1-5-10-14-12-13(4,6-2)9-8-11-17(15,16)7-3/h14H,5-12H2,1-4H3. The Morgan fingerprint density at radius 3 is 2.29 bits per heavy atom. The van der Waals surface area contributed by atoms with Crippen molar-refractivity contribution in [1.82, 2.24) is 5.32 Å². The normalized spacial score (nSPS) is 15.8. The van der Waals surface area contributed by atoms with Crippen LogP contribution in [0, 0.1) is 5.41 Å². The molecule has 0 amide bonds. The molecule has 0 fully saturated rings. The summed E-state index contributed by atoms with van der Waals surface area (Å²) in [6.07, 6.45) is 4.01. The van der Waals surface area contributed by atoms with Crippen molar-refractivity contribution in [3.63, 3.8) is 0 Å². The Bertz CT molecular complexity index is 288. The van der Waals surface area contributed by atoms with E-state index in [4.69, 9.17) is 0 Å². The first-order chi connectivity index (χ1) is 7.89. The molecule has 0 saturated heterocycles. The molecule has 0 rings (SSSR count). The van der Waals surface area contributed by atoms with Gasteiger partial charge in [-0.05, 0) is 37.6 Å². The van der Waals surface area contributed by atoms with Crippen LogP contribution in [0.25, 0.3) is 0 Å². The van der Waals surface area contributed by atoms with E-state index < -0.39 is 9.84 Å². The predicted molar refractivity (Wildman–Crippen MR) is 75.1 cm³/mol. The number of rotatable bonds is 10. The summed E-state index contributed by atoms with van der Waals surface area (Å²) in [5.41, 5.74) is 0.235. The third kappa shape index (κ3) is 7.77. The second-order valence-corrected chi connectivity index (χ2v) is 7.65. The van der Waals surface area contributed by atoms with Crippen LogP contribution >= 0.6 is 0 Å². The third-order valence-electron chi connectivity index (χ3n) is 3.51. The van der Waals surface area contributed by atoms with Gasteiger partial charge in [0.15, 0.2) is 0 Å². The monoisotopic (exact) mass is 263 g/mol. The van der Waals surface area contributed by atoms with Crippen molar-refractivity contribution < 1.29 is 8.42 Å². The van der Waals surface area contributed by atoms with E-state index in [0.717, 1.165) is 38.8 Å². The highest BCUT2D eigenvalue weighted by molar-refractivity contribution is 7.91. The van der Waals surface area contributed by atoms with Crippen LogP contribution < -0.4 is 5.32 Å². The van der Waals surface area contributed by atoms with E-state index in [9.17, 15) is 8.42 Å². The molecule has 0 bridgehead atoms. The average molecular weight is 263 g/mol. The SMILES string of the molecule is CCCNCC(C)(CC)CCCS(=O)(=O)CC. The van der Waals surface area contributed by atoms with Crippen molar-refractivity contribution >= 4 is 9.84 Å². The maximum absolute atomic E-state index is 11.4. The fourth-order valence-electron chi connectivity index (χ4n) is 1.82. The molecule has 1 unspecified atom stereocenters. The van der Waals surface area contributed by atoms with Crippen LogP contribution in [0.1, 0.15) is 53.4 Å². The summed E-state index contributed by atoms with van der Waals surface area (Å²) in [4.78, 5) is 0. The van der Waals surface area contributed by atoms with Gasteiger partial charge in [0.25, 0.3) is 0 Å². The second-order valence-electron chi connectivity index (χ2n) is 5.18. The second kappa shape index (κ2) is 8.09. The number of sulfone groups is 1. The van der Waals surface area contributed by atoms with Gasteiger partial charge in [0, 0.05) is 12.3 Å². The third-order valence-corrected chi connectivity index (χ3v) is 5.30. The molecule has 0 aromatic rings. The molecule has 0 aromatic carbocycles. The van der Waals surface area contributed by atoms with Crippen molar-refractivity contribution in [2.24, 2.45) is 5.41 Å². The molecule has 0 radical (unpaired) electrons. The van der Waals surface area contributed by atoms with Gasteiger partial charge in [0.05, 0.1) is 5.75 Å². The lowest BCUT2D eigenvalue weighted by atomic mass is 9.83. The smallest absolute Gasteiger partial charge is 0.150 e. The van der Waals surface area contributed by atoms with Crippen LogP contribution in [-0.2, 0) is 9.84 Å². The molecule has 4 heteroatoms. The van der Waals surface area contributed by atoms with E-state index in [1.807, 2.05) is 0 Å². The van der Waals surface area contributed by atoms with E-state index in [1.165, 1.54) is 0 Å². The number of hydrogen-bond acceptors (Lipinski definition) is 3. The fourth-order valence-corrected chi connectivity index (χ4v) is 2.69. The molecular weight excluding hydrogens is 234 g/mol. The Morgan fingerprint density at radius 1 is 1.18 bits per heavy atom. The minimum Gasteiger partial charge on any atom is -0.316 e. The summed E-state index contributed by atoms with van der Waals surface area (Å²) in [6.45, 7) is 10.3. The molecule has 104 valence electrons. The van der Waals surface area contributed by atoms with Crippen molar-refractivity contribution in [3.8, 4) is 0 Å². The molecule has 0 aliphatic carbocycles. The quantitative estimate of drug-likeness (QED) is 0.616. The minimum absolute atomic E-state index is 0.235. The van der Waals surface area contributed by atoms with E-state index in [0.29, 0.717) is 5.75 Å². The Hall–Kier alpha value is -0.0900. The lowest BCUT2D eigenvalue weighted by Crippen LogP contribution is -2.32. The van der Waals surface area contributed by atoms with Gasteiger partial charge in [-0.1, -0.05) is 27.7 Å². The van der Waals surface area contributed by atoms with Gasteiger partial charge in [-0.3, -0.25) is 0 Å². The first kappa shape index (κ1) is 16.9. The highest BCUT2D eigenvalue weighted by Gasteiger charge is 2.22. The van der Waals surface area contributed by atoms with Gasteiger partial charge in [-0.15, -0.1) is 0 Å². The van der Waals surface area contributed by atoms with Crippen LogP contribution in [0.4, 0.5) is 0 Å². The summed E-state index contributed by atoms with van der Waals surface area (Å²) in [6, 6.07) is 0. The van der Waals surface area contributed by atoms with Gasteiger partial charge in [-0.25, -0.2) is 8.42 Å². The molecular formula is C13H29NO2S. The molecule has 0 aliphatic rings. The zero-order valence-electron chi connectivity index (χ0n) is 11.9. The van der Waals surface area contributed by atoms with Gasteiger partial charge in [0.2, 0.25) is 0 Å². The molecule has 0 heterocycles. The topological polar surface area (TPSA) is 46.2 Å². The Balaban J connectivity index is 4.03. The fraction of sp³-hybridized carbons (Fsp3) is 1.00. The Kier molecular flexibility index (Phi) is 8.05. The van der Waals surface area contributed by atoms with Crippen LogP contribution in [0.2, 0.25) is 0 Å². The van der Waals surface area contributed by atoms with Gasteiger partial charge >= 0.3 is 0 Å². The largest absolute Gasteiger partial charge is 0.316 e. The van der Waals surface area contributed by atoms with Crippen LogP contribution in [0.3, 0.4) is 0 Å². The molecule has 3 nitrogen and oxygen atoms in total. The van der Waals surface area contributed by atoms with Gasteiger partial charge < -0.3 is 5.32 Å².